The Labute approximate surface area is 163 Å². The van der Waals surface area contributed by atoms with Crippen LogP contribution in [-0.2, 0) is 19.5 Å². The van der Waals surface area contributed by atoms with E-state index in [4.69, 9.17) is 26.3 Å². The van der Waals surface area contributed by atoms with E-state index in [9.17, 15) is 0 Å². The maximum Gasteiger partial charge on any atom is 0.220 e. The Bertz CT molecular complexity index is 881. The molecule has 142 valence electrons. The zero-order valence-electron chi connectivity index (χ0n) is 15.7. The molecule has 0 saturated carbocycles. The molecule has 0 amide bonds. The molecule has 2 aromatic heterocycles. The van der Waals surface area contributed by atoms with Crippen LogP contribution in [0.5, 0.6) is 11.8 Å². The summed E-state index contributed by atoms with van der Waals surface area (Å²) in [7, 11) is 3.19. The van der Waals surface area contributed by atoms with Gasteiger partial charge in [-0.15, -0.1) is 0 Å². The maximum atomic E-state index is 8.89. The average molecular weight is 388 g/mol. The van der Waals surface area contributed by atoms with Crippen LogP contribution in [0.3, 0.4) is 0 Å². The van der Waals surface area contributed by atoms with Crippen LogP contribution in [-0.4, -0.2) is 42.2 Å². The van der Waals surface area contributed by atoms with Crippen molar-refractivity contribution in [3.8, 4) is 17.8 Å². The lowest BCUT2D eigenvalue weighted by Crippen LogP contribution is -2.32. The second-order valence-corrected chi connectivity index (χ2v) is 6.69. The van der Waals surface area contributed by atoms with Gasteiger partial charge in [0.15, 0.2) is 0 Å². The lowest BCUT2D eigenvalue weighted by atomic mass is 9.96. The van der Waals surface area contributed by atoms with Crippen LogP contribution in [0.1, 0.15) is 22.3 Å². The number of hydrogen-bond acceptors (Lipinski definition) is 7. The van der Waals surface area contributed by atoms with Crippen molar-refractivity contribution in [1.82, 2.24) is 14.9 Å². The van der Waals surface area contributed by atoms with Crippen molar-refractivity contribution >= 4 is 17.4 Å². The summed E-state index contributed by atoms with van der Waals surface area (Å²) in [6.45, 7) is 4.48. The highest BCUT2D eigenvalue weighted by Crippen LogP contribution is 2.32. The molecular formula is C19H22ClN5O2. The summed E-state index contributed by atoms with van der Waals surface area (Å²) in [5.41, 5.74) is 4.31. The van der Waals surface area contributed by atoms with Gasteiger partial charge in [0.1, 0.15) is 17.5 Å². The van der Waals surface area contributed by atoms with Gasteiger partial charge in [-0.05, 0) is 30.5 Å². The topological polar surface area (TPSA) is 83.3 Å². The van der Waals surface area contributed by atoms with E-state index < -0.39 is 0 Å². The fourth-order valence-electron chi connectivity index (χ4n) is 3.33. The third-order valence-electron chi connectivity index (χ3n) is 4.73. The first-order valence-electron chi connectivity index (χ1n) is 8.66. The molecule has 0 bridgehead atoms. The number of fused-ring (bicyclic) bond motifs is 1. The molecule has 1 N–H and O–H groups in total. The molecule has 0 unspecified atom stereocenters. The molecule has 27 heavy (non-hydrogen) atoms. The average Bonchev–Trinajstić information content (AvgIpc) is 2.70. The molecule has 0 atom stereocenters. The Morgan fingerprint density at radius 3 is 2.78 bits per heavy atom. The van der Waals surface area contributed by atoms with E-state index in [1.165, 1.54) is 5.56 Å². The number of pyridine rings is 2. The first-order chi connectivity index (χ1) is 13.1. The standard InChI is InChI=1S/C19H22ClN5O2/c1-12-14-6-9-25(10-13-4-5-16(26-2)23-19(13)27-3)11-15(14)18(22-8-7-21)24-17(12)20/h4-5H,6,8-11H2,1-3H3,(H,22,24). The van der Waals surface area contributed by atoms with E-state index in [2.05, 4.69) is 26.3 Å². The van der Waals surface area contributed by atoms with Crippen LogP contribution in [0.15, 0.2) is 12.1 Å². The number of nitrogens with zero attached hydrogens (tertiary/aromatic N) is 4. The van der Waals surface area contributed by atoms with Gasteiger partial charge in [0.05, 0.1) is 20.3 Å². The number of nitrogens with one attached hydrogen (secondary N) is 1. The summed E-state index contributed by atoms with van der Waals surface area (Å²) in [5, 5.41) is 12.5. The first-order valence-corrected chi connectivity index (χ1v) is 9.04. The molecule has 0 saturated heterocycles. The predicted molar refractivity (Wildman–Crippen MR) is 103 cm³/mol. The molecule has 0 radical (unpaired) electrons. The molecule has 3 heterocycles. The summed E-state index contributed by atoms with van der Waals surface area (Å²) < 4.78 is 10.6. The molecule has 3 rings (SSSR count). The van der Waals surface area contributed by atoms with Gasteiger partial charge in [-0.3, -0.25) is 4.90 Å². The van der Waals surface area contributed by atoms with E-state index in [0.717, 1.165) is 29.7 Å². The molecule has 7 nitrogen and oxygen atoms in total. The lowest BCUT2D eigenvalue weighted by molar-refractivity contribution is 0.240. The Kier molecular flexibility index (Phi) is 5.99. The van der Waals surface area contributed by atoms with Crippen molar-refractivity contribution in [2.45, 2.75) is 26.4 Å². The molecule has 0 fully saturated rings. The summed E-state index contributed by atoms with van der Waals surface area (Å²) in [5.74, 6) is 1.78. The number of halogens is 1. The van der Waals surface area contributed by atoms with Gasteiger partial charge in [0.2, 0.25) is 11.8 Å². The predicted octanol–water partition coefficient (Wildman–Crippen LogP) is 2.95. The van der Waals surface area contributed by atoms with Crippen molar-refractivity contribution in [2.75, 3.05) is 32.6 Å². The van der Waals surface area contributed by atoms with Crippen LogP contribution >= 0.6 is 11.6 Å². The van der Waals surface area contributed by atoms with Crippen molar-refractivity contribution in [2.24, 2.45) is 0 Å². The second kappa shape index (κ2) is 8.42. The lowest BCUT2D eigenvalue weighted by Gasteiger charge is -2.31. The first kappa shape index (κ1) is 19.2. The van der Waals surface area contributed by atoms with Crippen LogP contribution in [0.25, 0.3) is 0 Å². The third-order valence-corrected chi connectivity index (χ3v) is 5.09. The van der Waals surface area contributed by atoms with E-state index >= 15 is 0 Å². The van der Waals surface area contributed by atoms with Gasteiger partial charge >= 0.3 is 0 Å². The molecule has 0 aromatic carbocycles. The highest BCUT2D eigenvalue weighted by Gasteiger charge is 2.24. The number of rotatable bonds is 6. The van der Waals surface area contributed by atoms with Gasteiger partial charge < -0.3 is 14.8 Å². The van der Waals surface area contributed by atoms with Gasteiger partial charge in [-0.1, -0.05) is 11.6 Å². The van der Waals surface area contributed by atoms with Crippen molar-refractivity contribution < 1.29 is 9.47 Å². The highest BCUT2D eigenvalue weighted by atomic mass is 35.5. The molecular weight excluding hydrogens is 366 g/mol. The summed E-state index contributed by atoms with van der Waals surface area (Å²) in [6, 6.07) is 5.90. The van der Waals surface area contributed by atoms with Crippen molar-refractivity contribution in [3.63, 3.8) is 0 Å². The van der Waals surface area contributed by atoms with Gasteiger partial charge in [-0.25, -0.2) is 4.98 Å². The number of aromatic nitrogens is 2. The van der Waals surface area contributed by atoms with E-state index in [1.807, 2.05) is 19.1 Å². The minimum absolute atomic E-state index is 0.190. The Morgan fingerprint density at radius 2 is 2.07 bits per heavy atom. The smallest absolute Gasteiger partial charge is 0.220 e. The maximum absolute atomic E-state index is 8.89. The number of ether oxygens (including phenoxy) is 2. The van der Waals surface area contributed by atoms with E-state index in [-0.39, 0.29) is 6.54 Å². The highest BCUT2D eigenvalue weighted by molar-refractivity contribution is 6.30. The van der Waals surface area contributed by atoms with Crippen molar-refractivity contribution in [3.05, 3.63) is 39.5 Å². The zero-order valence-corrected chi connectivity index (χ0v) is 16.4. The van der Waals surface area contributed by atoms with Gasteiger partial charge in [0.25, 0.3) is 0 Å². The largest absolute Gasteiger partial charge is 0.481 e. The Morgan fingerprint density at radius 1 is 1.26 bits per heavy atom. The monoisotopic (exact) mass is 387 g/mol. The number of nitriles is 1. The Hall–Kier alpha value is -2.56. The summed E-state index contributed by atoms with van der Waals surface area (Å²) in [4.78, 5) is 11.1. The van der Waals surface area contributed by atoms with Crippen LogP contribution < -0.4 is 14.8 Å². The molecule has 0 aliphatic carbocycles. The molecule has 8 heteroatoms. The normalized spacial score (nSPS) is 13.6. The minimum Gasteiger partial charge on any atom is -0.481 e. The van der Waals surface area contributed by atoms with E-state index in [1.54, 1.807) is 14.2 Å². The molecule has 1 aliphatic rings. The Balaban J connectivity index is 1.86. The SMILES string of the molecule is COc1ccc(CN2CCc3c(C)c(Cl)nc(NCC#N)c3C2)c(OC)n1. The van der Waals surface area contributed by atoms with Gasteiger partial charge in [0, 0.05) is 36.8 Å². The summed E-state index contributed by atoms with van der Waals surface area (Å²) in [6.07, 6.45) is 0.872. The summed E-state index contributed by atoms with van der Waals surface area (Å²) >= 11 is 6.28. The fraction of sp³-hybridized carbons (Fsp3) is 0.421. The quantitative estimate of drug-likeness (QED) is 0.602. The number of anilines is 1. The van der Waals surface area contributed by atoms with Crippen LogP contribution in [0.2, 0.25) is 5.15 Å². The zero-order chi connectivity index (χ0) is 19.4. The molecule has 0 spiro atoms. The molecule has 1 aliphatic heterocycles. The fourth-order valence-corrected chi connectivity index (χ4v) is 3.53. The molecule has 2 aromatic rings. The second-order valence-electron chi connectivity index (χ2n) is 6.33. The van der Waals surface area contributed by atoms with Crippen LogP contribution in [0, 0.1) is 18.3 Å². The number of methoxy groups -OCH3 is 2. The minimum atomic E-state index is 0.190. The van der Waals surface area contributed by atoms with Gasteiger partial charge in [-0.2, -0.15) is 10.2 Å². The third kappa shape index (κ3) is 4.07. The van der Waals surface area contributed by atoms with Crippen LogP contribution in [0.4, 0.5) is 5.82 Å². The number of hydrogen-bond donors (Lipinski definition) is 1. The van der Waals surface area contributed by atoms with Crippen molar-refractivity contribution in [1.29, 1.82) is 5.26 Å². The van der Waals surface area contributed by atoms with E-state index in [0.29, 0.717) is 35.8 Å².